The Morgan fingerprint density at radius 3 is 2.58 bits per heavy atom. The molecule has 7 nitrogen and oxygen atoms in total. The lowest BCUT2D eigenvalue weighted by atomic mass is 9.98. The fraction of sp³-hybridized carbons (Fsp3) is 0.727. The molecule has 0 radical (unpaired) electrons. The van der Waals surface area contributed by atoms with Gasteiger partial charge in [-0.25, -0.2) is 4.79 Å². The lowest BCUT2D eigenvalue weighted by molar-refractivity contribution is -0.134. The van der Waals surface area contributed by atoms with Crippen LogP contribution in [0.25, 0.3) is 0 Å². The SMILES string of the molecule is Cl.NCCNC(=O)CN1C(=O)NC2(CCCC2)C1=O. The van der Waals surface area contributed by atoms with E-state index in [2.05, 4.69) is 10.6 Å². The zero-order valence-corrected chi connectivity index (χ0v) is 11.4. The molecule has 8 heteroatoms. The first-order chi connectivity index (χ1) is 8.59. The maximum Gasteiger partial charge on any atom is 0.325 e. The fourth-order valence-corrected chi connectivity index (χ4v) is 2.55. The molecule has 1 spiro atoms. The van der Waals surface area contributed by atoms with Crippen LogP contribution in [0.4, 0.5) is 4.79 Å². The molecule has 19 heavy (non-hydrogen) atoms. The zero-order chi connectivity index (χ0) is 13.2. The minimum atomic E-state index is -0.745. The highest BCUT2D eigenvalue weighted by molar-refractivity contribution is 6.09. The molecule has 108 valence electrons. The van der Waals surface area contributed by atoms with Crippen LogP contribution in [0.3, 0.4) is 0 Å². The van der Waals surface area contributed by atoms with E-state index in [4.69, 9.17) is 5.73 Å². The summed E-state index contributed by atoms with van der Waals surface area (Å²) in [6, 6.07) is -0.468. The lowest BCUT2D eigenvalue weighted by Crippen LogP contribution is -2.45. The summed E-state index contributed by atoms with van der Waals surface area (Å²) in [6.07, 6.45) is 3.19. The highest BCUT2D eigenvalue weighted by Crippen LogP contribution is 2.34. The Labute approximate surface area is 117 Å². The van der Waals surface area contributed by atoms with Crippen molar-refractivity contribution < 1.29 is 14.4 Å². The van der Waals surface area contributed by atoms with Crippen molar-refractivity contribution in [2.75, 3.05) is 19.6 Å². The smallest absolute Gasteiger partial charge is 0.325 e. The Balaban J connectivity index is 0.00000180. The van der Waals surface area contributed by atoms with Gasteiger partial charge in [-0.3, -0.25) is 14.5 Å². The average Bonchev–Trinajstić information content (AvgIpc) is 2.89. The standard InChI is InChI=1S/C11H18N4O3.ClH/c12-5-6-13-8(16)7-15-9(17)11(14-10(15)18)3-1-2-4-11;/h1-7,12H2,(H,13,16)(H,14,18);1H. The van der Waals surface area contributed by atoms with Gasteiger partial charge in [0.2, 0.25) is 5.91 Å². The minimum Gasteiger partial charge on any atom is -0.353 e. The van der Waals surface area contributed by atoms with Gasteiger partial charge < -0.3 is 16.4 Å². The van der Waals surface area contributed by atoms with Crippen LogP contribution in [0.2, 0.25) is 0 Å². The third-order valence-electron chi connectivity index (χ3n) is 3.47. The number of imide groups is 1. The third kappa shape index (κ3) is 2.98. The van der Waals surface area contributed by atoms with Crippen molar-refractivity contribution in [3.05, 3.63) is 0 Å². The summed E-state index contributed by atoms with van der Waals surface area (Å²) in [7, 11) is 0. The molecule has 2 aliphatic rings. The van der Waals surface area contributed by atoms with Crippen LogP contribution in [0.15, 0.2) is 0 Å². The van der Waals surface area contributed by atoms with Gasteiger partial charge in [-0.1, -0.05) is 12.8 Å². The van der Waals surface area contributed by atoms with Gasteiger partial charge in [0.1, 0.15) is 12.1 Å². The molecule has 1 aliphatic heterocycles. The molecular weight excluding hydrogens is 272 g/mol. The van der Waals surface area contributed by atoms with Crippen LogP contribution in [0, 0.1) is 0 Å². The van der Waals surface area contributed by atoms with Gasteiger partial charge in [0.05, 0.1) is 0 Å². The monoisotopic (exact) mass is 290 g/mol. The Morgan fingerprint density at radius 2 is 2.00 bits per heavy atom. The Hall–Kier alpha value is -1.34. The van der Waals surface area contributed by atoms with Gasteiger partial charge in [0.15, 0.2) is 0 Å². The quantitative estimate of drug-likeness (QED) is 0.598. The van der Waals surface area contributed by atoms with Crippen molar-refractivity contribution in [2.45, 2.75) is 31.2 Å². The Bertz CT molecular complexity index is 382. The second-order valence-corrected chi connectivity index (χ2v) is 4.75. The number of carbonyl (C=O) groups excluding carboxylic acids is 3. The number of hydrogen-bond acceptors (Lipinski definition) is 4. The molecule has 2 rings (SSSR count). The van der Waals surface area contributed by atoms with Crippen molar-refractivity contribution in [3.63, 3.8) is 0 Å². The first-order valence-electron chi connectivity index (χ1n) is 6.20. The number of urea groups is 1. The highest BCUT2D eigenvalue weighted by Gasteiger charge is 2.52. The van der Waals surface area contributed by atoms with E-state index in [1.807, 2.05) is 0 Å². The molecule has 1 saturated heterocycles. The molecule has 1 heterocycles. The van der Waals surface area contributed by atoms with E-state index in [0.29, 0.717) is 25.9 Å². The number of nitrogens with one attached hydrogen (secondary N) is 2. The summed E-state index contributed by atoms with van der Waals surface area (Å²) in [5.74, 6) is -0.633. The maximum absolute atomic E-state index is 12.2. The number of rotatable bonds is 4. The van der Waals surface area contributed by atoms with E-state index in [1.165, 1.54) is 0 Å². The zero-order valence-electron chi connectivity index (χ0n) is 10.6. The van der Waals surface area contributed by atoms with E-state index in [9.17, 15) is 14.4 Å². The van der Waals surface area contributed by atoms with Crippen LogP contribution >= 0.6 is 12.4 Å². The number of halogens is 1. The number of carbonyl (C=O) groups is 3. The van der Waals surface area contributed by atoms with Crippen molar-refractivity contribution in [2.24, 2.45) is 5.73 Å². The topological polar surface area (TPSA) is 105 Å². The largest absolute Gasteiger partial charge is 0.353 e. The predicted molar refractivity (Wildman–Crippen MR) is 70.8 cm³/mol. The summed E-state index contributed by atoms with van der Waals surface area (Å²) in [5, 5.41) is 5.26. The second kappa shape index (κ2) is 6.21. The van der Waals surface area contributed by atoms with Crippen LogP contribution in [-0.4, -0.2) is 47.9 Å². The summed E-state index contributed by atoms with van der Waals surface area (Å²) in [6.45, 7) is 0.440. The van der Waals surface area contributed by atoms with Crippen LogP contribution in [0.5, 0.6) is 0 Å². The molecule has 2 fully saturated rings. The highest BCUT2D eigenvalue weighted by atomic mass is 35.5. The average molecular weight is 291 g/mol. The van der Waals surface area contributed by atoms with E-state index in [1.54, 1.807) is 0 Å². The summed E-state index contributed by atoms with van der Waals surface area (Å²) >= 11 is 0. The van der Waals surface area contributed by atoms with E-state index < -0.39 is 11.6 Å². The van der Waals surface area contributed by atoms with Gasteiger partial charge in [-0.2, -0.15) is 0 Å². The first kappa shape index (κ1) is 15.7. The van der Waals surface area contributed by atoms with Crippen molar-refractivity contribution in [1.82, 2.24) is 15.5 Å². The second-order valence-electron chi connectivity index (χ2n) is 4.75. The first-order valence-corrected chi connectivity index (χ1v) is 6.20. The molecule has 1 saturated carbocycles. The van der Waals surface area contributed by atoms with Crippen molar-refractivity contribution in [1.29, 1.82) is 0 Å². The predicted octanol–water partition coefficient (Wildman–Crippen LogP) is -0.652. The van der Waals surface area contributed by atoms with E-state index >= 15 is 0 Å². The summed E-state index contributed by atoms with van der Waals surface area (Å²) < 4.78 is 0. The van der Waals surface area contributed by atoms with Gasteiger partial charge in [-0.05, 0) is 12.8 Å². The van der Waals surface area contributed by atoms with Gasteiger partial charge in [0, 0.05) is 13.1 Å². The molecule has 0 aromatic heterocycles. The van der Waals surface area contributed by atoms with Crippen LogP contribution in [-0.2, 0) is 9.59 Å². The van der Waals surface area contributed by atoms with Crippen LogP contribution in [0.1, 0.15) is 25.7 Å². The molecule has 0 atom stereocenters. The normalized spacial score (nSPS) is 20.4. The molecule has 1 aliphatic carbocycles. The van der Waals surface area contributed by atoms with E-state index in [-0.39, 0.29) is 30.8 Å². The molecule has 4 N–H and O–H groups in total. The number of hydrogen-bond donors (Lipinski definition) is 3. The molecular formula is C11H19ClN4O3. The van der Waals surface area contributed by atoms with Crippen molar-refractivity contribution >= 4 is 30.3 Å². The summed E-state index contributed by atoms with van der Waals surface area (Å²) in [5.41, 5.74) is 4.51. The number of nitrogens with two attached hydrogens (primary N) is 1. The summed E-state index contributed by atoms with van der Waals surface area (Å²) in [4.78, 5) is 36.4. The van der Waals surface area contributed by atoms with E-state index in [0.717, 1.165) is 17.7 Å². The van der Waals surface area contributed by atoms with Gasteiger partial charge in [0.25, 0.3) is 5.91 Å². The molecule has 0 unspecified atom stereocenters. The van der Waals surface area contributed by atoms with Crippen LogP contribution < -0.4 is 16.4 Å². The Kier molecular flexibility index (Phi) is 5.13. The Morgan fingerprint density at radius 1 is 1.37 bits per heavy atom. The molecule has 0 aromatic carbocycles. The molecule has 0 bridgehead atoms. The molecule has 4 amide bonds. The van der Waals surface area contributed by atoms with Crippen molar-refractivity contribution in [3.8, 4) is 0 Å². The minimum absolute atomic E-state index is 0. The maximum atomic E-state index is 12.2. The van der Waals surface area contributed by atoms with Gasteiger partial charge >= 0.3 is 6.03 Å². The molecule has 0 aromatic rings. The fourth-order valence-electron chi connectivity index (χ4n) is 2.55. The third-order valence-corrected chi connectivity index (χ3v) is 3.47. The van der Waals surface area contributed by atoms with Gasteiger partial charge in [-0.15, -0.1) is 12.4 Å². The number of amides is 4. The number of nitrogens with zero attached hydrogens (tertiary/aromatic N) is 1. The lowest BCUT2D eigenvalue weighted by Gasteiger charge is -2.19.